The molecule has 4 heterocycles. The van der Waals surface area contributed by atoms with Gasteiger partial charge in [-0.2, -0.15) is 5.10 Å². The van der Waals surface area contributed by atoms with Gasteiger partial charge in [-0.1, -0.05) is 6.07 Å². The van der Waals surface area contributed by atoms with Crippen LogP contribution in [0.15, 0.2) is 40.1 Å². The van der Waals surface area contributed by atoms with Crippen LogP contribution in [0, 0.1) is 10.1 Å². The number of nitrogens with one attached hydrogen (secondary N) is 3. The number of hydrogen-bond acceptors (Lipinski definition) is 8. The second-order valence-corrected chi connectivity index (χ2v) is 7.38. The van der Waals surface area contributed by atoms with Crippen molar-refractivity contribution in [3.05, 3.63) is 51.6 Å². The standard InChI is InChI=1S/C17H16N6O5S/c1-9-7-14(24)20-17(18-9)22-13(8-10(21-22)12-3-2-6-29-12)19-16(25)11-4-5-15(28-11)23(26)27/h2-6,8-9,17-18H,7H2,1H3,(H,19,25)(H,20,24). The predicted octanol–water partition coefficient (Wildman–Crippen LogP) is 2.32. The van der Waals surface area contributed by atoms with Gasteiger partial charge in [0.05, 0.1) is 10.9 Å². The molecule has 29 heavy (non-hydrogen) atoms. The Bertz CT molecular complexity index is 1070. The molecule has 4 rings (SSSR count). The number of carbonyl (C=O) groups is 2. The predicted molar refractivity (Wildman–Crippen MR) is 103 cm³/mol. The smallest absolute Gasteiger partial charge is 0.395 e. The van der Waals surface area contributed by atoms with E-state index in [0.29, 0.717) is 17.9 Å². The fraction of sp³-hybridized carbons (Fsp3) is 0.235. The van der Waals surface area contributed by atoms with E-state index in [-0.39, 0.29) is 17.7 Å². The van der Waals surface area contributed by atoms with Gasteiger partial charge in [-0.25, -0.2) is 4.68 Å². The Morgan fingerprint density at radius 1 is 1.45 bits per heavy atom. The highest BCUT2D eigenvalue weighted by Gasteiger charge is 2.28. The van der Waals surface area contributed by atoms with Gasteiger partial charge in [0.2, 0.25) is 5.91 Å². The molecule has 0 bridgehead atoms. The molecule has 1 aliphatic rings. The van der Waals surface area contributed by atoms with Crippen LogP contribution in [-0.2, 0) is 4.79 Å². The fourth-order valence-corrected chi connectivity index (χ4v) is 3.63. The molecule has 0 aromatic carbocycles. The summed E-state index contributed by atoms with van der Waals surface area (Å²) in [5.41, 5.74) is 0.606. The molecule has 2 amide bonds. The van der Waals surface area contributed by atoms with Gasteiger partial charge in [0.25, 0.3) is 5.91 Å². The molecule has 2 atom stereocenters. The number of nitro groups is 1. The first-order valence-corrected chi connectivity index (χ1v) is 9.53. The third kappa shape index (κ3) is 3.88. The Balaban J connectivity index is 1.66. The monoisotopic (exact) mass is 416 g/mol. The van der Waals surface area contributed by atoms with Gasteiger partial charge in [-0.05, 0) is 24.4 Å². The van der Waals surface area contributed by atoms with E-state index in [4.69, 9.17) is 4.42 Å². The number of nitrogens with zero attached hydrogens (tertiary/aromatic N) is 3. The number of hydrogen-bond donors (Lipinski definition) is 3. The lowest BCUT2D eigenvalue weighted by atomic mass is 10.2. The van der Waals surface area contributed by atoms with Gasteiger partial charge in [0, 0.05) is 18.5 Å². The molecule has 0 saturated carbocycles. The molecule has 0 aliphatic carbocycles. The maximum absolute atomic E-state index is 12.5. The van der Waals surface area contributed by atoms with Crippen molar-refractivity contribution in [2.45, 2.75) is 25.7 Å². The fourth-order valence-electron chi connectivity index (χ4n) is 2.95. The van der Waals surface area contributed by atoms with Crippen molar-refractivity contribution in [2.75, 3.05) is 5.32 Å². The molecule has 150 valence electrons. The summed E-state index contributed by atoms with van der Waals surface area (Å²) < 4.78 is 6.41. The largest absolute Gasteiger partial charge is 0.433 e. The first kappa shape index (κ1) is 18.8. The van der Waals surface area contributed by atoms with Gasteiger partial charge < -0.3 is 15.1 Å². The maximum atomic E-state index is 12.5. The SMILES string of the molecule is CC1CC(=O)NC(n2nc(-c3cccs3)cc2NC(=O)c2ccc([N+](=O)[O-])o2)N1. The third-order valence-corrected chi connectivity index (χ3v) is 5.12. The Hall–Kier alpha value is -3.51. The van der Waals surface area contributed by atoms with E-state index in [9.17, 15) is 19.7 Å². The number of furan rings is 1. The van der Waals surface area contributed by atoms with Crippen LogP contribution in [0.2, 0.25) is 0 Å². The number of thiophene rings is 1. The summed E-state index contributed by atoms with van der Waals surface area (Å²) in [6, 6.07) is 7.66. The first-order chi connectivity index (χ1) is 13.9. The number of anilines is 1. The van der Waals surface area contributed by atoms with Crippen molar-refractivity contribution in [1.29, 1.82) is 0 Å². The van der Waals surface area contributed by atoms with E-state index < -0.39 is 23.0 Å². The average Bonchev–Trinajstić information content (AvgIpc) is 3.41. The average molecular weight is 416 g/mol. The summed E-state index contributed by atoms with van der Waals surface area (Å²) in [6.07, 6.45) is -0.339. The number of aromatic nitrogens is 2. The Labute approximate surface area is 167 Å². The van der Waals surface area contributed by atoms with Crippen LogP contribution in [0.1, 0.15) is 30.2 Å². The first-order valence-electron chi connectivity index (χ1n) is 8.65. The van der Waals surface area contributed by atoms with Gasteiger partial charge >= 0.3 is 5.88 Å². The highest BCUT2D eigenvalue weighted by atomic mass is 32.1. The van der Waals surface area contributed by atoms with Crippen LogP contribution in [0.5, 0.6) is 0 Å². The molecule has 2 unspecified atom stereocenters. The second-order valence-electron chi connectivity index (χ2n) is 6.43. The Morgan fingerprint density at radius 3 is 2.93 bits per heavy atom. The topological polar surface area (TPSA) is 144 Å². The summed E-state index contributed by atoms with van der Waals surface area (Å²) in [4.78, 5) is 35.4. The molecule has 11 nitrogen and oxygen atoms in total. The third-order valence-electron chi connectivity index (χ3n) is 4.22. The summed E-state index contributed by atoms with van der Waals surface area (Å²) in [7, 11) is 0. The molecular formula is C17H16N6O5S. The summed E-state index contributed by atoms with van der Waals surface area (Å²) >= 11 is 1.48. The van der Waals surface area contributed by atoms with Gasteiger partial charge in [-0.3, -0.25) is 25.0 Å². The minimum atomic E-state index is -0.723. The van der Waals surface area contributed by atoms with Gasteiger partial charge in [0.1, 0.15) is 16.4 Å². The van der Waals surface area contributed by atoms with E-state index in [1.54, 1.807) is 6.07 Å². The summed E-state index contributed by atoms with van der Waals surface area (Å²) in [6.45, 7) is 1.87. The van der Waals surface area contributed by atoms with E-state index in [0.717, 1.165) is 10.9 Å². The number of rotatable bonds is 5. The Morgan fingerprint density at radius 2 is 2.28 bits per heavy atom. The molecular weight excluding hydrogens is 400 g/mol. The maximum Gasteiger partial charge on any atom is 0.433 e. The second kappa shape index (κ2) is 7.48. The van der Waals surface area contributed by atoms with Crippen LogP contribution < -0.4 is 16.0 Å². The molecule has 1 saturated heterocycles. The van der Waals surface area contributed by atoms with E-state index in [2.05, 4.69) is 21.0 Å². The minimum absolute atomic E-state index is 0.0839. The van der Waals surface area contributed by atoms with Crippen LogP contribution in [0.4, 0.5) is 11.7 Å². The van der Waals surface area contributed by atoms with Gasteiger partial charge in [-0.15, -0.1) is 11.3 Å². The number of carbonyl (C=O) groups excluding carboxylic acids is 2. The van der Waals surface area contributed by atoms with Crippen molar-refractivity contribution in [2.24, 2.45) is 0 Å². The zero-order valence-corrected chi connectivity index (χ0v) is 15.9. The molecule has 0 spiro atoms. The van der Waals surface area contributed by atoms with Crippen molar-refractivity contribution in [1.82, 2.24) is 20.4 Å². The summed E-state index contributed by atoms with van der Waals surface area (Å²) in [5, 5.41) is 25.8. The normalized spacial score (nSPS) is 19.0. The molecule has 1 fully saturated rings. The van der Waals surface area contributed by atoms with Crippen LogP contribution in [-0.4, -0.2) is 32.6 Å². The highest BCUT2D eigenvalue weighted by molar-refractivity contribution is 7.13. The highest BCUT2D eigenvalue weighted by Crippen LogP contribution is 2.28. The van der Waals surface area contributed by atoms with Crippen molar-refractivity contribution in [3.8, 4) is 10.6 Å². The van der Waals surface area contributed by atoms with Crippen molar-refractivity contribution >= 4 is 34.9 Å². The zero-order chi connectivity index (χ0) is 20.5. The lowest BCUT2D eigenvalue weighted by molar-refractivity contribution is -0.402. The van der Waals surface area contributed by atoms with E-state index in [1.807, 2.05) is 24.4 Å². The zero-order valence-electron chi connectivity index (χ0n) is 15.1. The molecule has 12 heteroatoms. The van der Waals surface area contributed by atoms with Crippen molar-refractivity contribution in [3.63, 3.8) is 0 Å². The molecule has 3 N–H and O–H groups in total. The van der Waals surface area contributed by atoms with Crippen LogP contribution in [0.3, 0.4) is 0 Å². The number of amides is 2. The van der Waals surface area contributed by atoms with E-state index >= 15 is 0 Å². The lowest BCUT2D eigenvalue weighted by Crippen LogP contribution is -2.52. The van der Waals surface area contributed by atoms with Gasteiger partial charge in [0.15, 0.2) is 12.0 Å². The Kier molecular flexibility index (Phi) is 4.86. The minimum Gasteiger partial charge on any atom is -0.395 e. The summed E-state index contributed by atoms with van der Waals surface area (Å²) in [5.74, 6) is -1.26. The quantitative estimate of drug-likeness (QED) is 0.427. The van der Waals surface area contributed by atoms with Crippen LogP contribution in [0.25, 0.3) is 10.6 Å². The molecule has 3 aromatic heterocycles. The lowest BCUT2D eigenvalue weighted by Gasteiger charge is -2.30. The van der Waals surface area contributed by atoms with Crippen molar-refractivity contribution < 1.29 is 18.9 Å². The molecule has 0 radical (unpaired) electrons. The molecule has 3 aromatic rings. The van der Waals surface area contributed by atoms with Crippen LogP contribution >= 0.6 is 11.3 Å². The van der Waals surface area contributed by atoms with E-state index in [1.165, 1.54) is 22.1 Å². The molecule has 1 aliphatic heterocycles.